The molecule has 0 aromatic rings. The van der Waals surface area contributed by atoms with Crippen molar-refractivity contribution in [2.24, 2.45) is 0 Å². The number of carbonyl (C=O) groups is 1. The van der Waals surface area contributed by atoms with E-state index in [0.717, 1.165) is 0 Å². The number of hydrogen-bond donors (Lipinski definition) is 0. The quantitative estimate of drug-likeness (QED) is 0.491. The molecule has 0 aliphatic carbocycles. The van der Waals surface area contributed by atoms with Gasteiger partial charge < -0.3 is 0 Å². The summed E-state index contributed by atoms with van der Waals surface area (Å²) in [5.74, 6) is 0. The molecule has 30 valence electrons. The summed E-state index contributed by atoms with van der Waals surface area (Å²) < 4.78 is 0.145. The number of carbonyl (C=O) groups excluding carboxylic acids is 1. The van der Waals surface area contributed by atoms with Crippen LogP contribution in [0.1, 0.15) is 6.92 Å². The van der Waals surface area contributed by atoms with Gasteiger partial charge in [0.2, 0.25) is 0 Å². The normalized spacial score (nSPS) is 10.0. The first-order valence-electron chi connectivity index (χ1n) is 1.14. The van der Waals surface area contributed by atoms with Crippen molar-refractivity contribution < 1.29 is 4.79 Å². The Bertz CT molecular complexity index is 44.9. The molecule has 1 nitrogen and oxygen atoms in total. The van der Waals surface area contributed by atoms with Gasteiger partial charge in [0.05, 0.1) is 0 Å². The molecule has 0 saturated heterocycles. The van der Waals surface area contributed by atoms with Crippen molar-refractivity contribution in [1.82, 2.24) is 0 Å². The van der Waals surface area contributed by atoms with E-state index in [0.29, 0.717) is 0 Å². The Morgan fingerprint density at radius 3 is 2.20 bits per heavy atom. The molecule has 0 heterocycles. The maximum absolute atomic E-state index is 9.74. The van der Waals surface area contributed by atoms with E-state index in [1.165, 1.54) is 6.92 Å². The van der Waals surface area contributed by atoms with Gasteiger partial charge in [-0.05, 0) is 0 Å². The van der Waals surface area contributed by atoms with Crippen molar-refractivity contribution in [3.8, 4) is 0 Å². The van der Waals surface area contributed by atoms with E-state index in [1.807, 2.05) is 0 Å². The molecule has 0 rings (SSSR count). The predicted molar refractivity (Wildman–Crippen MR) is 23.7 cm³/mol. The third-order valence-electron chi connectivity index (χ3n) is 0.133. The predicted octanol–water partition coefficient (Wildman–Crippen LogP) is 0.123. The van der Waals surface area contributed by atoms with Gasteiger partial charge in [-0.15, -0.1) is 0 Å². The van der Waals surface area contributed by atoms with Gasteiger partial charge in [0.25, 0.3) is 0 Å². The van der Waals surface area contributed by atoms with Crippen LogP contribution in [-0.4, -0.2) is 19.4 Å². The van der Waals surface area contributed by atoms with Crippen LogP contribution in [-0.2, 0) is 4.79 Å². The van der Waals surface area contributed by atoms with Crippen molar-refractivity contribution in [1.29, 1.82) is 0 Å². The van der Waals surface area contributed by atoms with Crippen molar-refractivity contribution in [2.75, 3.05) is 0 Å². The van der Waals surface area contributed by atoms with E-state index in [-0.39, 0.29) is 4.57 Å². The van der Waals surface area contributed by atoms with Crippen LogP contribution in [0, 0.1) is 0 Å². The van der Waals surface area contributed by atoms with Crippen molar-refractivity contribution in [3.63, 3.8) is 0 Å². The van der Waals surface area contributed by atoms with Crippen LogP contribution < -0.4 is 0 Å². The van der Waals surface area contributed by atoms with Crippen LogP contribution in [0.5, 0.6) is 0 Å². The molecule has 0 N–H and O–H groups in total. The first-order valence-corrected chi connectivity index (χ1v) is 4.95. The summed E-state index contributed by atoms with van der Waals surface area (Å²) in [7, 11) is 5.11. The van der Waals surface area contributed by atoms with Gasteiger partial charge in [0.15, 0.2) is 0 Å². The van der Waals surface area contributed by atoms with E-state index in [9.17, 15) is 4.79 Å². The second-order valence-electron chi connectivity index (χ2n) is 0.651. The number of hydrogen-bond acceptors (Lipinski definition) is 1. The first-order chi connectivity index (χ1) is 2.27. The minimum atomic E-state index is -0.722. The van der Waals surface area contributed by atoms with E-state index < -0.39 is 14.8 Å². The summed E-state index contributed by atoms with van der Waals surface area (Å²) in [6.07, 6.45) is 0. The number of rotatable bonds is 1. The second kappa shape index (κ2) is 2.74. The Kier molecular flexibility index (Phi) is 3.02. The van der Waals surface area contributed by atoms with Crippen molar-refractivity contribution in [3.05, 3.63) is 0 Å². The molecule has 0 fully saturated rings. The SMILES string of the molecule is CC(=O)[AsH]Cl. The molecular weight excluding hydrogens is 150 g/mol. The molecule has 0 aliphatic rings. The van der Waals surface area contributed by atoms with E-state index >= 15 is 0 Å². The van der Waals surface area contributed by atoms with Gasteiger partial charge in [-0.3, -0.25) is 0 Å². The van der Waals surface area contributed by atoms with Crippen LogP contribution >= 0.6 is 9.95 Å². The monoisotopic (exact) mass is 154 g/mol. The van der Waals surface area contributed by atoms with E-state index in [2.05, 4.69) is 0 Å². The Labute approximate surface area is 41.5 Å². The minimum absolute atomic E-state index is 0.145. The third kappa shape index (κ3) is 4.52. The summed E-state index contributed by atoms with van der Waals surface area (Å²) in [5, 5.41) is 0. The molecule has 3 heteroatoms. The zero-order valence-electron chi connectivity index (χ0n) is 2.79. The molecule has 0 radical (unpaired) electrons. The van der Waals surface area contributed by atoms with Crippen molar-refractivity contribution in [2.45, 2.75) is 6.92 Å². The molecule has 1 atom stereocenters. The molecule has 0 saturated carbocycles. The van der Waals surface area contributed by atoms with Gasteiger partial charge >= 0.3 is 41.1 Å². The summed E-state index contributed by atoms with van der Waals surface area (Å²) >= 11 is -0.722. The second-order valence-corrected chi connectivity index (χ2v) is 3.51. The average Bonchev–Trinajstić information content (AvgIpc) is 1.38. The van der Waals surface area contributed by atoms with E-state index in [4.69, 9.17) is 9.95 Å². The zero-order chi connectivity index (χ0) is 4.28. The molecular formula is C2H4AsClO. The van der Waals surface area contributed by atoms with Crippen LogP contribution in [0.25, 0.3) is 0 Å². The zero-order valence-corrected chi connectivity index (χ0v) is 5.64. The molecule has 0 spiro atoms. The third-order valence-corrected chi connectivity index (χ3v) is 2.07. The van der Waals surface area contributed by atoms with Crippen LogP contribution in [0.3, 0.4) is 0 Å². The standard InChI is InChI=1S/C2H4AsClO/c1-2(5)3-4/h3H,1H3. The van der Waals surface area contributed by atoms with Gasteiger partial charge in [-0.1, -0.05) is 0 Å². The van der Waals surface area contributed by atoms with Crippen LogP contribution in [0.2, 0.25) is 0 Å². The molecule has 0 aliphatic heterocycles. The fraction of sp³-hybridized carbons (Fsp3) is 0.500. The van der Waals surface area contributed by atoms with Crippen molar-refractivity contribution >= 4 is 29.3 Å². The summed E-state index contributed by atoms with van der Waals surface area (Å²) in [6, 6.07) is 0. The van der Waals surface area contributed by atoms with Crippen LogP contribution in [0.4, 0.5) is 0 Å². The fourth-order valence-electron chi connectivity index (χ4n) is 0. The average molecular weight is 154 g/mol. The summed E-state index contributed by atoms with van der Waals surface area (Å²) in [6.45, 7) is 1.51. The Morgan fingerprint density at radius 1 is 2.00 bits per heavy atom. The Balaban J connectivity index is 2.85. The Hall–Kier alpha value is 0.518. The molecule has 5 heavy (non-hydrogen) atoms. The molecule has 0 bridgehead atoms. The van der Waals surface area contributed by atoms with Gasteiger partial charge in [0.1, 0.15) is 0 Å². The maximum atomic E-state index is 9.74. The fourth-order valence-corrected chi connectivity index (χ4v) is 0. The van der Waals surface area contributed by atoms with E-state index in [1.54, 1.807) is 0 Å². The summed E-state index contributed by atoms with van der Waals surface area (Å²) in [5.41, 5.74) is 0. The topological polar surface area (TPSA) is 17.1 Å². The Morgan fingerprint density at radius 2 is 2.20 bits per heavy atom. The first kappa shape index (κ1) is 5.52. The molecule has 0 aromatic carbocycles. The summed E-state index contributed by atoms with van der Waals surface area (Å²) in [4.78, 5) is 9.74. The van der Waals surface area contributed by atoms with Gasteiger partial charge in [-0.2, -0.15) is 0 Å². The molecule has 1 unspecified atom stereocenters. The van der Waals surface area contributed by atoms with Crippen LogP contribution in [0.15, 0.2) is 0 Å². The number of halogens is 1. The van der Waals surface area contributed by atoms with Gasteiger partial charge in [-0.25, -0.2) is 0 Å². The molecule has 0 aromatic heterocycles. The van der Waals surface area contributed by atoms with Gasteiger partial charge in [0, 0.05) is 0 Å². The molecule has 0 amide bonds.